The van der Waals surface area contributed by atoms with Crippen LogP contribution in [0.1, 0.15) is 47.0 Å². The SMILES string of the molecule is CC(C)C(=O)O[C@H]1CCC[C@@H](O)C1(C)C. The number of rotatable bonds is 2. The molecule has 0 heterocycles. The maximum atomic E-state index is 11.5. The fraction of sp³-hybridized carbons (Fsp3) is 0.917. The van der Waals surface area contributed by atoms with Crippen molar-refractivity contribution in [2.24, 2.45) is 11.3 Å². The summed E-state index contributed by atoms with van der Waals surface area (Å²) in [6.07, 6.45) is 2.10. The van der Waals surface area contributed by atoms with E-state index in [2.05, 4.69) is 0 Å². The number of carbonyl (C=O) groups excluding carboxylic acids is 1. The van der Waals surface area contributed by atoms with Crippen LogP contribution in [0.15, 0.2) is 0 Å². The zero-order valence-electron chi connectivity index (χ0n) is 10.1. The zero-order chi connectivity index (χ0) is 11.6. The topological polar surface area (TPSA) is 46.5 Å². The molecule has 1 aliphatic carbocycles. The molecule has 0 bridgehead atoms. The minimum Gasteiger partial charge on any atom is -0.461 e. The van der Waals surface area contributed by atoms with E-state index in [4.69, 9.17) is 4.74 Å². The van der Waals surface area contributed by atoms with Crippen molar-refractivity contribution in [2.75, 3.05) is 0 Å². The maximum absolute atomic E-state index is 11.5. The highest BCUT2D eigenvalue weighted by Crippen LogP contribution is 2.38. The molecule has 0 aromatic carbocycles. The van der Waals surface area contributed by atoms with Crippen LogP contribution in [-0.4, -0.2) is 23.3 Å². The van der Waals surface area contributed by atoms with Gasteiger partial charge in [0.2, 0.25) is 0 Å². The quantitative estimate of drug-likeness (QED) is 0.716. The van der Waals surface area contributed by atoms with Gasteiger partial charge in [-0.05, 0) is 19.3 Å². The van der Waals surface area contributed by atoms with Gasteiger partial charge in [0.05, 0.1) is 12.0 Å². The zero-order valence-corrected chi connectivity index (χ0v) is 10.1. The Morgan fingerprint density at radius 3 is 2.53 bits per heavy atom. The van der Waals surface area contributed by atoms with Gasteiger partial charge in [0.15, 0.2) is 0 Å². The smallest absolute Gasteiger partial charge is 0.308 e. The molecule has 15 heavy (non-hydrogen) atoms. The lowest BCUT2D eigenvalue weighted by Crippen LogP contribution is -2.46. The summed E-state index contributed by atoms with van der Waals surface area (Å²) >= 11 is 0. The van der Waals surface area contributed by atoms with Crippen LogP contribution in [-0.2, 0) is 9.53 Å². The van der Waals surface area contributed by atoms with Gasteiger partial charge in [-0.3, -0.25) is 4.79 Å². The molecule has 3 nitrogen and oxygen atoms in total. The number of hydrogen-bond donors (Lipinski definition) is 1. The van der Waals surface area contributed by atoms with E-state index in [0.717, 1.165) is 19.3 Å². The van der Waals surface area contributed by atoms with Gasteiger partial charge in [-0.15, -0.1) is 0 Å². The van der Waals surface area contributed by atoms with E-state index in [1.807, 2.05) is 27.7 Å². The van der Waals surface area contributed by atoms with Gasteiger partial charge in [0, 0.05) is 5.41 Å². The third kappa shape index (κ3) is 2.71. The van der Waals surface area contributed by atoms with Gasteiger partial charge >= 0.3 is 5.97 Å². The Hall–Kier alpha value is -0.570. The molecule has 0 radical (unpaired) electrons. The van der Waals surface area contributed by atoms with E-state index in [-0.39, 0.29) is 29.5 Å². The first-order valence-electron chi connectivity index (χ1n) is 5.74. The third-order valence-corrected chi connectivity index (χ3v) is 3.36. The highest BCUT2D eigenvalue weighted by Gasteiger charge is 2.41. The first-order valence-corrected chi connectivity index (χ1v) is 5.74. The van der Waals surface area contributed by atoms with Crippen LogP contribution in [0.3, 0.4) is 0 Å². The van der Waals surface area contributed by atoms with Gasteiger partial charge in [-0.1, -0.05) is 27.7 Å². The van der Waals surface area contributed by atoms with Gasteiger partial charge in [-0.25, -0.2) is 0 Å². The molecular formula is C12H22O3. The molecule has 1 fully saturated rings. The van der Waals surface area contributed by atoms with Crippen molar-refractivity contribution in [3.8, 4) is 0 Å². The summed E-state index contributed by atoms with van der Waals surface area (Å²) in [6.45, 7) is 7.59. The average Bonchev–Trinajstić information content (AvgIpc) is 2.13. The van der Waals surface area contributed by atoms with Crippen LogP contribution >= 0.6 is 0 Å². The van der Waals surface area contributed by atoms with E-state index in [9.17, 15) is 9.90 Å². The van der Waals surface area contributed by atoms with Crippen molar-refractivity contribution in [2.45, 2.75) is 59.2 Å². The molecule has 0 unspecified atom stereocenters. The lowest BCUT2D eigenvalue weighted by Gasteiger charge is -2.41. The highest BCUT2D eigenvalue weighted by molar-refractivity contribution is 5.71. The number of esters is 1. The maximum Gasteiger partial charge on any atom is 0.308 e. The molecule has 0 amide bonds. The van der Waals surface area contributed by atoms with Crippen molar-refractivity contribution >= 4 is 5.97 Å². The minimum absolute atomic E-state index is 0.0973. The second-order valence-corrected chi connectivity index (χ2v) is 5.35. The highest BCUT2D eigenvalue weighted by atomic mass is 16.5. The van der Waals surface area contributed by atoms with Crippen molar-refractivity contribution in [3.63, 3.8) is 0 Å². The van der Waals surface area contributed by atoms with E-state index in [0.29, 0.717) is 0 Å². The van der Waals surface area contributed by atoms with Gasteiger partial charge in [-0.2, -0.15) is 0 Å². The van der Waals surface area contributed by atoms with Crippen LogP contribution < -0.4 is 0 Å². The summed E-state index contributed by atoms with van der Waals surface area (Å²) in [6, 6.07) is 0. The van der Waals surface area contributed by atoms with E-state index >= 15 is 0 Å². The first kappa shape index (κ1) is 12.5. The molecule has 1 saturated carbocycles. The van der Waals surface area contributed by atoms with Gasteiger partial charge < -0.3 is 9.84 Å². The number of aliphatic hydroxyl groups excluding tert-OH is 1. The molecule has 0 aliphatic heterocycles. The van der Waals surface area contributed by atoms with Crippen LogP contribution in [0.2, 0.25) is 0 Å². The number of carbonyl (C=O) groups is 1. The predicted octanol–water partition coefficient (Wildman–Crippen LogP) is 2.13. The first-order chi connectivity index (χ1) is 6.85. The van der Waals surface area contributed by atoms with E-state index in [1.165, 1.54) is 0 Å². The lowest BCUT2D eigenvalue weighted by atomic mass is 9.72. The normalized spacial score (nSPS) is 30.3. The number of aliphatic hydroxyl groups is 1. The Kier molecular flexibility index (Phi) is 3.77. The second-order valence-electron chi connectivity index (χ2n) is 5.35. The van der Waals surface area contributed by atoms with Crippen LogP contribution in [0.4, 0.5) is 0 Å². The largest absolute Gasteiger partial charge is 0.461 e. The summed E-state index contributed by atoms with van der Waals surface area (Å²) in [5.41, 5.74) is -0.317. The minimum atomic E-state index is -0.365. The fourth-order valence-electron chi connectivity index (χ4n) is 1.94. The summed E-state index contributed by atoms with van der Waals surface area (Å²) in [5, 5.41) is 9.87. The van der Waals surface area contributed by atoms with Crippen LogP contribution in [0.5, 0.6) is 0 Å². The Labute approximate surface area is 91.8 Å². The molecule has 2 atom stereocenters. The molecule has 0 aromatic rings. The molecule has 0 spiro atoms. The van der Waals surface area contributed by atoms with Crippen molar-refractivity contribution < 1.29 is 14.6 Å². The molecule has 0 aromatic heterocycles. The molecule has 1 aliphatic rings. The van der Waals surface area contributed by atoms with E-state index in [1.54, 1.807) is 0 Å². The summed E-state index contributed by atoms with van der Waals surface area (Å²) in [7, 11) is 0. The van der Waals surface area contributed by atoms with Crippen LogP contribution in [0, 0.1) is 11.3 Å². The Balaban J connectivity index is 2.64. The summed E-state index contributed by atoms with van der Waals surface area (Å²) < 4.78 is 5.44. The number of ether oxygens (including phenoxy) is 1. The standard InChI is InChI=1S/C12H22O3/c1-8(2)11(14)15-10-7-5-6-9(13)12(10,3)4/h8-10,13H,5-7H2,1-4H3/t9-,10+/m1/s1. The third-order valence-electron chi connectivity index (χ3n) is 3.36. The molecule has 0 saturated heterocycles. The second kappa shape index (κ2) is 4.52. The number of hydrogen-bond acceptors (Lipinski definition) is 3. The Morgan fingerprint density at radius 2 is 2.00 bits per heavy atom. The monoisotopic (exact) mass is 214 g/mol. The predicted molar refractivity (Wildman–Crippen MR) is 58.4 cm³/mol. The van der Waals surface area contributed by atoms with Crippen molar-refractivity contribution in [3.05, 3.63) is 0 Å². The van der Waals surface area contributed by atoms with Gasteiger partial charge in [0.1, 0.15) is 6.10 Å². The molecule has 1 N–H and O–H groups in total. The van der Waals surface area contributed by atoms with E-state index < -0.39 is 0 Å². The Morgan fingerprint density at radius 1 is 1.40 bits per heavy atom. The average molecular weight is 214 g/mol. The molecule has 1 rings (SSSR count). The fourth-order valence-corrected chi connectivity index (χ4v) is 1.94. The lowest BCUT2D eigenvalue weighted by molar-refractivity contribution is -0.169. The molecular weight excluding hydrogens is 192 g/mol. The van der Waals surface area contributed by atoms with Crippen molar-refractivity contribution in [1.29, 1.82) is 0 Å². The molecule has 3 heteroatoms. The van der Waals surface area contributed by atoms with Gasteiger partial charge in [0.25, 0.3) is 0 Å². The molecule has 88 valence electrons. The summed E-state index contributed by atoms with van der Waals surface area (Å²) in [4.78, 5) is 11.5. The Bertz CT molecular complexity index is 233. The van der Waals surface area contributed by atoms with Crippen LogP contribution in [0.25, 0.3) is 0 Å². The summed E-state index contributed by atoms with van der Waals surface area (Å²) in [5.74, 6) is -0.262. The van der Waals surface area contributed by atoms with Crippen molar-refractivity contribution in [1.82, 2.24) is 0 Å².